The van der Waals surface area contributed by atoms with Crippen LogP contribution in [0, 0.1) is 5.82 Å². The summed E-state index contributed by atoms with van der Waals surface area (Å²) in [5, 5.41) is 0. The van der Waals surface area contributed by atoms with Gasteiger partial charge in [-0.05, 0) is 62.3 Å². The molecule has 1 fully saturated rings. The molecule has 1 aliphatic heterocycles. The van der Waals surface area contributed by atoms with Crippen molar-refractivity contribution in [1.82, 2.24) is 24.8 Å². The number of benzene rings is 2. The van der Waals surface area contributed by atoms with Crippen molar-refractivity contribution in [1.29, 1.82) is 0 Å². The minimum absolute atomic E-state index is 0.317. The molecule has 2 aromatic heterocycles. The Morgan fingerprint density at radius 2 is 1.84 bits per heavy atom. The molecule has 5 rings (SSSR count). The van der Waals surface area contributed by atoms with Gasteiger partial charge in [0.05, 0.1) is 36.2 Å². The number of H-pyrrole nitrogens is 1. The Balaban J connectivity index is 1.36. The lowest BCUT2D eigenvalue weighted by atomic mass is 10.1. The molecule has 0 bridgehead atoms. The van der Waals surface area contributed by atoms with E-state index in [0.29, 0.717) is 46.4 Å². The lowest BCUT2D eigenvalue weighted by Gasteiger charge is -2.16. The maximum Gasteiger partial charge on any atom is 0.161 e. The van der Waals surface area contributed by atoms with E-state index in [9.17, 15) is 4.39 Å². The van der Waals surface area contributed by atoms with E-state index < -0.39 is 0 Å². The Morgan fingerprint density at radius 3 is 2.69 bits per heavy atom. The first kappa shape index (κ1) is 20.4. The number of fused-ring (bicyclic) bond motifs is 1. The van der Waals surface area contributed by atoms with E-state index in [0.717, 1.165) is 25.2 Å². The van der Waals surface area contributed by atoms with Crippen LogP contribution in [0.3, 0.4) is 0 Å². The van der Waals surface area contributed by atoms with Gasteiger partial charge in [0.1, 0.15) is 18.1 Å². The van der Waals surface area contributed by atoms with E-state index in [2.05, 4.69) is 19.9 Å². The molecule has 7 nitrogen and oxygen atoms in total. The van der Waals surface area contributed by atoms with Gasteiger partial charge in [-0.2, -0.15) is 0 Å². The normalized spacial score (nSPS) is 14.2. The summed E-state index contributed by atoms with van der Waals surface area (Å²) in [5.41, 5.74) is 3.39. The number of hydrogen-bond acceptors (Lipinski definition) is 6. The number of nitrogens with one attached hydrogen (secondary N) is 1. The average Bonchev–Trinajstić information content (AvgIpc) is 3.49. The molecule has 164 valence electrons. The zero-order valence-corrected chi connectivity index (χ0v) is 17.8. The van der Waals surface area contributed by atoms with Gasteiger partial charge >= 0.3 is 0 Å². The van der Waals surface area contributed by atoms with Crippen LogP contribution in [0.15, 0.2) is 48.8 Å². The molecule has 0 radical (unpaired) electrons. The minimum Gasteiger partial charge on any atom is -0.493 e. The smallest absolute Gasteiger partial charge is 0.161 e. The third kappa shape index (κ3) is 4.27. The summed E-state index contributed by atoms with van der Waals surface area (Å²) in [6.07, 6.45) is 5.85. The Bertz CT molecular complexity index is 1240. The van der Waals surface area contributed by atoms with Crippen LogP contribution in [-0.2, 0) is 0 Å². The number of ether oxygens (including phenoxy) is 2. The Hall–Kier alpha value is -3.52. The topological polar surface area (TPSA) is 76.2 Å². The van der Waals surface area contributed by atoms with Gasteiger partial charge in [-0.15, -0.1) is 0 Å². The molecule has 3 heterocycles. The van der Waals surface area contributed by atoms with Crippen molar-refractivity contribution in [2.75, 3.05) is 33.4 Å². The zero-order chi connectivity index (χ0) is 21.9. The van der Waals surface area contributed by atoms with E-state index in [-0.39, 0.29) is 5.82 Å². The molecule has 32 heavy (non-hydrogen) atoms. The third-order valence-electron chi connectivity index (χ3n) is 5.64. The number of hydrogen-bond donors (Lipinski definition) is 1. The van der Waals surface area contributed by atoms with Gasteiger partial charge in [0, 0.05) is 12.1 Å². The predicted octanol–water partition coefficient (Wildman–Crippen LogP) is 4.31. The third-order valence-corrected chi connectivity index (χ3v) is 5.64. The number of likely N-dealkylation sites (tertiary alicyclic amines) is 1. The van der Waals surface area contributed by atoms with Gasteiger partial charge in [-0.25, -0.2) is 14.4 Å². The molecule has 4 aromatic rings. The van der Waals surface area contributed by atoms with Crippen LogP contribution in [0.5, 0.6) is 11.5 Å². The fourth-order valence-electron chi connectivity index (χ4n) is 3.96. The van der Waals surface area contributed by atoms with E-state index in [4.69, 9.17) is 14.5 Å². The Morgan fingerprint density at radius 1 is 1.00 bits per heavy atom. The number of aromatic amines is 1. The first-order chi connectivity index (χ1) is 15.7. The Kier molecular flexibility index (Phi) is 5.68. The van der Waals surface area contributed by atoms with Crippen molar-refractivity contribution in [3.63, 3.8) is 0 Å². The highest BCUT2D eigenvalue weighted by Gasteiger charge is 2.14. The molecule has 0 unspecified atom stereocenters. The summed E-state index contributed by atoms with van der Waals surface area (Å²) in [4.78, 5) is 19.0. The lowest BCUT2D eigenvalue weighted by Crippen LogP contribution is -2.25. The van der Waals surface area contributed by atoms with Crippen LogP contribution >= 0.6 is 0 Å². The maximum atomic E-state index is 13.5. The molecule has 0 amide bonds. The molecule has 0 spiro atoms. The van der Waals surface area contributed by atoms with Crippen molar-refractivity contribution in [3.05, 3.63) is 54.6 Å². The van der Waals surface area contributed by atoms with Gasteiger partial charge in [-0.1, -0.05) is 0 Å². The number of methoxy groups -OCH3 is 1. The first-order valence-corrected chi connectivity index (χ1v) is 10.7. The van der Waals surface area contributed by atoms with Crippen molar-refractivity contribution >= 4 is 11.0 Å². The molecule has 0 aliphatic carbocycles. The maximum absolute atomic E-state index is 13.5. The fraction of sp³-hybridized carbons (Fsp3) is 0.292. The van der Waals surface area contributed by atoms with Crippen LogP contribution in [0.25, 0.3) is 33.8 Å². The fourth-order valence-corrected chi connectivity index (χ4v) is 3.96. The Labute approximate surface area is 185 Å². The molecular formula is C24H24FN5O2. The summed E-state index contributed by atoms with van der Waals surface area (Å²) in [6.45, 7) is 3.83. The number of halogens is 1. The molecular weight excluding hydrogens is 409 g/mol. The summed E-state index contributed by atoms with van der Waals surface area (Å²) in [6, 6.07) is 10.2. The lowest BCUT2D eigenvalue weighted by molar-refractivity contribution is 0.230. The van der Waals surface area contributed by atoms with E-state index in [1.54, 1.807) is 25.6 Å². The minimum atomic E-state index is -0.317. The second kappa shape index (κ2) is 8.92. The van der Waals surface area contributed by atoms with Crippen LogP contribution in [0.2, 0.25) is 0 Å². The molecule has 1 saturated heterocycles. The summed E-state index contributed by atoms with van der Waals surface area (Å²) < 4.78 is 25.0. The second-order valence-corrected chi connectivity index (χ2v) is 7.80. The molecule has 0 saturated carbocycles. The van der Waals surface area contributed by atoms with E-state index >= 15 is 0 Å². The van der Waals surface area contributed by atoms with Crippen LogP contribution in [-0.4, -0.2) is 58.2 Å². The summed E-state index contributed by atoms with van der Waals surface area (Å²) >= 11 is 0. The van der Waals surface area contributed by atoms with E-state index in [1.807, 2.05) is 18.2 Å². The molecule has 2 aromatic carbocycles. The van der Waals surface area contributed by atoms with E-state index in [1.165, 1.54) is 25.0 Å². The largest absolute Gasteiger partial charge is 0.493 e. The van der Waals surface area contributed by atoms with Crippen molar-refractivity contribution in [2.45, 2.75) is 12.8 Å². The average molecular weight is 433 g/mol. The first-order valence-electron chi connectivity index (χ1n) is 10.7. The number of aromatic nitrogens is 4. The highest BCUT2D eigenvalue weighted by atomic mass is 19.1. The quantitative estimate of drug-likeness (QED) is 0.468. The highest BCUT2D eigenvalue weighted by Crippen LogP contribution is 2.32. The molecule has 8 heteroatoms. The molecule has 1 N–H and O–H groups in total. The van der Waals surface area contributed by atoms with Crippen LogP contribution in [0.4, 0.5) is 4.39 Å². The van der Waals surface area contributed by atoms with Gasteiger partial charge in [-0.3, -0.25) is 9.88 Å². The summed E-state index contributed by atoms with van der Waals surface area (Å²) in [5.74, 6) is 1.57. The van der Waals surface area contributed by atoms with Crippen molar-refractivity contribution in [2.24, 2.45) is 0 Å². The van der Waals surface area contributed by atoms with Crippen LogP contribution in [0.1, 0.15) is 12.8 Å². The van der Waals surface area contributed by atoms with Gasteiger partial charge < -0.3 is 14.5 Å². The monoisotopic (exact) mass is 433 g/mol. The molecule has 1 aliphatic rings. The number of rotatable bonds is 7. The second-order valence-electron chi connectivity index (χ2n) is 7.80. The number of nitrogens with zero attached hydrogens (tertiary/aromatic N) is 4. The molecule has 0 atom stereocenters. The SMILES string of the molecule is COc1cc(-c2cncc(-c3nc4ccc(F)cc4[nH]3)n2)ccc1OCCN1CCCC1. The zero-order valence-electron chi connectivity index (χ0n) is 17.8. The van der Waals surface area contributed by atoms with Crippen LogP contribution < -0.4 is 9.47 Å². The van der Waals surface area contributed by atoms with Gasteiger partial charge in [0.2, 0.25) is 0 Å². The van der Waals surface area contributed by atoms with Gasteiger partial charge in [0.15, 0.2) is 17.3 Å². The highest BCUT2D eigenvalue weighted by molar-refractivity contribution is 5.79. The number of imidazole rings is 1. The van der Waals surface area contributed by atoms with Crippen molar-refractivity contribution < 1.29 is 13.9 Å². The summed E-state index contributed by atoms with van der Waals surface area (Å²) in [7, 11) is 1.63. The van der Waals surface area contributed by atoms with Crippen molar-refractivity contribution in [3.8, 4) is 34.3 Å². The van der Waals surface area contributed by atoms with Gasteiger partial charge in [0.25, 0.3) is 0 Å². The standard InChI is InChI=1S/C24H24FN5O2/c1-31-23-12-16(4-7-22(23)32-11-10-30-8-2-3-9-30)20-14-26-15-21(27-20)24-28-18-6-5-17(25)13-19(18)29-24/h4-7,12-15H,2-3,8-11H2,1H3,(H,28,29). The predicted molar refractivity (Wildman–Crippen MR) is 120 cm³/mol.